The molecule has 94 valence electrons. The van der Waals surface area contributed by atoms with E-state index in [0.717, 1.165) is 19.5 Å². The molecule has 1 heterocycles. The Morgan fingerprint density at radius 1 is 1.35 bits per heavy atom. The molecule has 0 aliphatic carbocycles. The van der Waals surface area contributed by atoms with Crippen molar-refractivity contribution in [3.63, 3.8) is 0 Å². The quantitative estimate of drug-likeness (QED) is 0.759. The number of hydrogen-bond acceptors (Lipinski definition) is 4. The standard InChI is InChI=1S/C11H17N3O2S/c1-14-7-6-10(8-14)13-17(15,16)11-4-2-9(12)3-5-11/h2-5,10,13H,6-8,12H2,1H3. The Bertz CT molecular complexity index is 484. The molecule has 3 N–H and O–H groups in total. The molecule has 1 fully saturated rings. The molecule has 0 radical (unpaired) electrons. The van der Waals surface area contributed by atoms with Gasteiger partial charge in [-0.25, -0.2) is 13.1 Å². The summed E-state index contributed by atoms with van der Waals surface area (Å²) in [6, 6.07) is 6.24. The molecule has 1 atom stereocenters. The first-order chi connectivity index (χ1) is 7.97. The van der Waals surface area contributed by atoms with Crippen molar-refractivity contribution in [2.75, 3.05) is 25.9 Å². The van der Waals surface area contributed by atoms with Gasteiger partial charge >= 0.3 is 0 Å². The van der Waals surface area contributed by atoms with Gasteiger partial charge in [0.1, 0.15) is 0 Å². The summed E-state index contributed by atoms with van der Waals surface area (Å²) in [4.78, 5) is 2.37. The van der Waals surface area contributed by atoms with Gasteiger partial charge in [-0.3, -0.25) is 0 Å². The highest BCUT2D eigenvalue weighted by Gasteiger charge is 2.25. The predicted molar refractivity (Wildman–Crippen MR) is 67.1 cm³/mol. The van der Waals surface area contributed by atoms with Gasteiger partial charge in [0.15, 0.2) is 0 Å². The molecule has 5 nitrogen and oxygen atoms in total. The van der Waals surface area contributed by atoms with E-state index in [1.54, 1.807) is 12.1 Å². The van der Waals surface area contributed by atoms with Gasteiger partial charge in [0, 0.05) is 18.3 Å². The lowest BCUT2D eigenvalue weighted by Crippen LogP contribution is -2.36. The summed E-state index contributed by atoms with van der Waals surface area (Å²) in [6.45, 7) is 1.68. The van der Waals surface area contributed by atoms with Gasteiger partial charge in [0.05, 0.1) is 4.90 Å². The Hall–Kier alpha value is -1.11. The number of rotatable bonds is 3. The van der Waals surface area contributed by atoms with Gasteiger partial charge in [0.25, 0.3) is 0 Å². The van der Waals surface area contributed by atoms with E-state index in [2.05, 4.69) is 9.62 Å². The third kappa shape index (κ3) is 2.96. The van der Waals surface area contributed by atoms with Crippen molar-refractivity contribution in [2.45, 2.75) is 17.4 Å². The summed E-state index contributed by atoms with van der Waals surface area (Å²) in [6.07, 6.45) is 0.852. The first-order valence-corrected chi connectivity index (χ1v) is 7.02. The fourth-order valence-electron chi connectivity index (χ4n) is 1.97. The second-order valence-electron chi connectivity index (χ2n) is 4.44. The second-order valence-corrected chi connectivity index (χ2v) is 6.15. The highest BCUT2D eigenvalue weighted by Crippen LogP contribution is 2.14. The molecule has 6 heteroatoms. The Morgan fingerprint density at radius 2 is 2.00 bits per heavy atom. The van der Waals surface area contributed by atoms with Crippen LogP contribution in [0, 0.1) is 0 Å². The highest BCUT2D eigenvalue weighted by molar-refractivity contribution is 7.89. The van der Waals surface area contributed by atoms with Gasteiger partial charge in [-0.15, -0.1) is 0 Å². The Balaban J connectivity index is 2.11. The fraction of sp³-hybridized carbons (Fsp3) is 0.455. The molecule has 0 spiro atoms. The number of nitrogen functional groups attached to an aromatic ring is 1. The topological polar surface area (TPSA) is 75.4 Å². The number of sulfonamides is 1. The summed E-state index contributed by atoms with van der Waals surface area (Å²) in [5.74, 6) is 0. The molecule has 1 aliphatic heterocycles. The second kappa shape index (κ2) is 4.64. The molecule has 1 unspecified atom stereocenters. The number of nitrogens with zero attached hydrogens (tertiary/aromatic N) is 1. The van der Waals surface area contributed by atoms with Crippen molar-refractivity contribution in [2.24, 2.45) is 0 Å². The molecule has 1 aliphatic rings. The fourth-order valence-corrected chi connectivity index (χ4v) is 3.23. The first kappa shape index (κ1) is 12.3. The average molecular weight is 255 g/mol. The number of anilines is 1. The van der Waals surface area contributed by atoms with Crippen LogP contribution in [0.3, 0.4) is 0 Å². The summed E-state index contributed by atoms with van der Waals surface area (Å²) in [7, 11) is -1.43. The zero-order valence-electron chi connectivity index (χ0n) is 9.76. The van der Waals surface area contributed by atoms with E-state index in [9.17, 15) is 8.42 Å². The van der Waals surface area contributed by atoms with Gasteiger partial charge in [0.2, 0.25) is 10.0 Å². The van der Waals surface area contributed by atoms with Crippen molar-refractivity contribution < 1.29 is 8.42 Å². The molecule has 2 rings (SSSR count). The normalized spacial score (nSPS) is 21.8. The van der Waals surface area contributed by atoms with Crippen LogP contribution in [0.5, 0.6) is 0 Å². The lowest BCUT2D eigenvalue weighted by atomic mass is 10.3. The molecular formula is C11H17N3O2S. The molecular weight excluding hydrogens is 238 g/mol. The van der Waals surface area contributed by atoms with E-state index in [-0.39, 0.29) is 10.9 Å². The lowest BCUT2D eigenvalue weighted by Gasteiger charge is -2.13. The molecule has 0 aromatic heterocycles. The van der Waals surface area contributed by atoms with E-state index in [4.69, 9.17) is 5.73 Å². The van der Waals surface area contributed by atoms with Crippen LogP contribution in [0.2, 0.25) is 0 Å². The van der Waals surface area contributed by atoms with Gasteiger partial charge < -0.3 is 10.6 Å². The Morgan fingerprint density at radius 3 is 2.53 bits per heavy atom. The van der Waals surface area contributed by atoms with E-state index in [0.29, 0.717) is 5.69 Å². The van der Waals surface area contributed by atoms with Gasteiger partial charge in [-0.05, 0) is 44.3 Å². The van der Waals surface area contributed by atoms with Crippen molar-refractivity contribution in [1.82, 2.24) is 9.62 Å². The van der Waals surface area contributed by atoms with E-state index in [1.165, 1.54) is 12.1 Å². The molecule has 0 bridgehead atoms. The summed E-state index contributed by atoms with van der Waals surface area (Å²) < 4.78 is 26.8. The van der Waals surface area contributed by atoms with Crippen LogP contribution in [-0.4, -0.2) is 39.5 Å². The van der Waals surface area contributed by atoms with E-state index in [1.807, 2.05) is 7.05 Å². The zero-order valence-corrected chi connectivity index (χ0v) is 10.6. The van der Waals surface area contributed by atoms with E-state index >= 15 is 0 Å². The van der Waals surface area contributed by atoms with Crippen LogP contribution in [-0.2, 0) is 10.0 Å². The van der Waals surface area contributed by atoms with Crippen molar-refractivity contribution >= 4 is 15.7 Å². The maximum atomic E-state index is 12.0. The highest BCUT2D eigenvalue weighted by atomic mass is 32.2. The van der Waals surface area contributed by atoms with Crippen LogP contribution in [0.25, 0.3) is 0 Å². The molecule has 0 amide bonds. The zero-order chi connectivity index (χ0) is 12.5. The summed E-state index contributed by atoms with van der Waals surface area (Å²) in [5.41, 5.74) is 6.09. The number of benzene rings is 1. The van der Waals surface area contributed by atoms with E-state index < -0.39 is 10.0 Å². The van der Waals surface area contributed by atoms with Crippen LogP contribution >= 0.6 is 0 Å². The molecule has 0 saturated carbocycles. The van der Waals surface area contributed by atoms with Crippen molar-refractivity contribution in [3.05, 3.63) is 24.3 Å². The monoisotopic (exact) mass is 255 g/mol. The minimum Gasteiger partial charge on any atom is -0.399 e. The number of nitrogens with two attached hydrogens (primary N) is 1. The Labute approximate surface area is 102 Å². The Kier molecular flexibility index (Phi) is 3.37. The van der Waals surface area contributed by atoms with Crippen LogP contribution in [0.4, 0.5) is 5.69 Å². The molecule has 1 aromatic carbocycles. The molecule has 1 aromatic rings. The van der Waals surface area contributed by atoms with Gasteiger partial charge in [-0.1, -0.05) is 0 Å². The molecule has 17 heavy (non-hydrogen) atoms. The maximum absolute atomic E-state index is 12.0. The third-order valence-electron chi connectivity index (χ3n) is 2.90. The number of likely N-dealkylation sites (tertiary alicyclic amines) is 1. The first-order valence-electron chi connectivity index (χ1n) is 5.54. The summed E-state index contributed by atoms with van der Waals surface area (Å²) >= 11 is 0. The van der Waals surface area contributed by atoms with Crippen LogP contribution < -0.4 is 10.5 Å². The summed E-state index contributed by atoms with van der Waals surface area (Å²) in [5, 5.41) is 0. The smallest absolute Gasteiger partial charge is 0.240 e. The SMILES string of the molecule is CN1CCC(NS(=O)(=O)c2ccc(N)cc2)C1. The minimum atomic E-state index is -3.42. The third-order valence-corrected chi connectivity index (χ3v) is 4.44. The average Bonchev–Trinajstić information content (AvgIpc) is 2.63. The van der Waals surface area contributed by atoms with Crippen molar-refractivity contribution in [1.29, 1.82) is 0 Å². The molecule has 1 saturated heterocycles. The minimum absolute atomic E-state index is 0.00236. The number of hydrogen-bond donors (Lipinski definition) is 2. The van der Waals surface area contributed by atoms with Crippen molar-refractivity contribution in [3.8, 4) is 0 Å². The number of nitrogens with one attached hydrogen (secondary N) is 1. The predicted octanol–water partition coefficient (Wildman–Crippen LogP) is 0.251. The van der Waals surface area contributed by atoms with Crippen LogP contribution in [0.1, 0.15) is 6.42 Å². The van der Waals surface area contributed by atoms with Gasteiger partial charge in [-0.2, -0.15) is 0 Å². The van der Waals surface area contributed by atoms with Crippen LogP contribution in [0.15, 0.2) is 29.2 Å². The lowest BCUT2D eigenvalue weighted by molar-refractivity contribution is 0.407. The maximum Gasteiger partial charge on any atom is 0.240 e. The largest absolute Gasteiger partial charge is 0.399 e. The number of likely N-dealkylation sites (N-methyl/N-ethyl adjacent to an activating group) is 1.